The van der Waals surface area contributed by atoms with Crippen LogP contribution >= 0.6 is 0 Å². The average molecular weight is 337 g/mol. The second-order valence-electron chi connectivity index (χ2n) is 6.66. The third-order valence-electron chi connectivity index (χ3n) is 4.89. The maximum atomic E-state index is 5.57. The molecule has 25 heavy (non-hydrogen) atoms. The van der Waals surface area contributed by atoms with E-state index in [-0.39, 0.29) is 0 Å². The third kappa shape index (κ3) is 3.64. The van der Waals surface area contributed by atoms with Crippen LogP contribution in [0.15, 0.2) is 47.1 Å². The molecule has 1 aliphatic heterocycles. The third-order valence-corrected chi connectivity index (χ3v) is 4.89. The van der Waals surface area contributed by atoms with Crippen molar-refractivity contribution in [1.29, 1.82) is 0 Å². The molecule has 0 amide bonds. The van der Waals surface area contributed by atoms with E-state index < -0.39 is 0 Å². The van der Waals surface area contributed by atoms with Crippen LogP contribution in [0.25, 0.3) is 11.4 Å². The molecule has 1 aliphatic rings. The van der Waals surface area contributed by atoms with Gasteiger partial charge < -0.3 is 9.42 Å². The highest BCUT2D eigenvalue weighted by molar-refractivity contribution is 5.53. The minimum atomic E-state index is 0.317. The fraction of sp³-hybridized carbons (Fsp3) is 0.421. The highest BCUT2D eigenvalue weighted by Gasteiger charge is 2.26. The summed E-state index contributed by atoms with van der Waals surface area (Å²) >= 11 is 0. The summed E-state index contributed by atoms with van der Waals surface area (Å²) in [6.07, 6.45) is 4.12. The van der Waals surface area contributed by atoms with Gasteiger partial charge in [0, 0.05) is 30.5 Å². The number of aryl methyl sites for hydroxylation is 1. The molecule has 6 heteroatoms. The summed E-state index contributed by atoms with van der Waals surface area (Å²) in [7, 11) is 0. The quantitative estimate of drug-likeness (QED) is 0.716. The van der Waals surface area contributed by atoms with Gasteiger partial charge in [0.05, 0.1) is 12.5 Å². The van der Waals surface area contributed by atoms with Crippen molar-refractivity contribution in [1.82, 2.24) is 24.8 Å². The van der Waals surface area contributed by atoms with Crippen molar-refractivity contribution >= 4 is 0 Å². The van der Waals surface area contributed by atoms with Gasteiger partial charge in [-0.2, -0.15) is 10.1 Å². The van der Waals surface area contributed by atoms with Gasteiger partial charge in [-0.3, -0.25) is 4.68 Å². The van der Waals surface area contributed by atoms with Crippen molar-refractivity contribution < 1.29 is 4.52 Å². The van der Waals surface area contributed by atoms with Crippen LogP contribution in [-0.2, 0) is 6.54 Å². The van der Waals surface area contributed by atoms with E-state index >= 15 is 0 Å². The maximum absolute atomic E-state index is 5.57. The van der Waals surface area contributed by atoms with Crippen molar-refractivity contribution in [2.24, 2.45) is 0 Å². The molecule has 0 aliphatic carbocycles. The minimum absolute atomic E-state index is 0.317. The molecular formula is C19H23N5O. The summed E-state index contributed by atoms with van der Waals surface area (Å²) in [6.45, 7) is 6.10. The predicted octanol–water partition coefficient (Wildman–Crippen LogP) is 3.12. The van der Waals surface area contributed by atoms with Crippen molar-refractivity contribution in [2.45, 2.75) is 32.2 Å². The van der Waals surface area contributed by atoms with Gasteiger partial charge in [0.2, 0.25) is 11.7 Å². The van der Waals surface area contributed by atoms with Crippen LogP contribution in [0.5, 0.6) is 0 Å². The van der Waals surface area contributed by atoms with Gasteiger partial charge in [0.15, 0.2) is 0 Å². The minimum Gasteiger partial charge on any atom is -0.339 e. The Balaban J connectivity index is 1.39. The fourth-order valence-corrected chi connectivity index (χ4v) is 3.43. The number of hydrogen-bond donors (Lipinski definition) is 0. The Kier molecular flexibility index (Phi) is 4.61. The van der Waals surface area contributed by atoms with E-state index in [9.17, 15) is 0 Å². The second-order valence-corrected chi connectivity index (χ2v) is 6.66. The van der Waals surface area contributed by atoms with Gasteiger partial charge in [-0.15, -0.1) is 0 Å². The van der Waals surface area contributed by atoms with Crippen LogP contribution in [0, 0.1) is 6.92 Å². The van der Waals surface area contributed by atoms with E-state index in [0.717, 1.165) is 50.5 Å². The monoisotopic (exact) mass is 337 g/mol. The van der Waals surface area contributed by atoms with Crippen LogP contribution < -0.4 is 0 Å². The van der Waals surface area contributed by atoms with Crippen molar-refractivity contribution in [3.8, 4) is 11.4 Å². The Hall–Kier alpha value is -2.47. The second kappa shape index (κ2) is 7.19. The van der Waals surface area contributed by atoms with Crippen molar-refractivity contribution in [3.63, 3.8) is 0 Å². The number of hydrogen-bond acceptors (Lipinski definition) is 5. The average Bonchev–Trinajstić information content (AvgIpc) is 3.30. The summed E-state index contributed by atoms with van der Waals surface area (Å²) in [6, 6.07) is 12.0. The Bertz CT molecular complexity index is 810. The van der Waals surface area contributed by atoms with E-state index in [1.54, 1.807) is 0 Å². The topological polar surface area (TPSA) is 60.0 Å². The zero-order valence-corrected chi connectivity index (χ0v) is 14.5. The Labute approximate surface area is 147 Å². The molecule has 1 saturated heterocycles. The lowest BCUT2D eigenvalue weighted by atomic mass is 9.98. The lowest BCUT2D eigenvalue weighted by Gasteiger charge is -2.30. The molecule has 0 bridgehead atoms. The first kappa shape index (κ1) is 16.0. The molecular weight excluding hydrogens is 314 g/mol. The number of nitrogens with zero attached hydrogens (tertiary/aromatic N) is 5. The molecule has 2 aromatic heterocycles. The molecule has 0 unspecified atom stereocenters. The summed E-state index contributed by atoms with van der Waals surface area (Å²) in [5.74, 6) is 1.76. The van der Waals surface area contributed by atoms with E-state index in [1.165, 1.54) is 5.69 Å². The van der Waals surface area contributed by atoms with Crippen LogP contribution in [-0.4, -0.2) is 44.5 Å². The standard InChI is InChI=1S/C19H23N5O/c1-15-9-10-20-24(15)13-12-23-11-5-8-17(14-23)19-21-18(22-25-19)16-6-3-2-4-7-16/h2-4,6-7,9-10,17H,5,8,11-14H2,1H3/t17-/m1/s1. The van der Waals surface area contributed by atoms with Crippen LogP contribution in [0.4, 0.5) is 0 Å². The van der Waals surface area contributed by atoms with Crippen LogP contribution in [0.1, 0.15) is 30.3 Å². The van der Waals surface area contributed by atoms with Gasteiger partial charge in [-0.25, -0.2) is 0 Å². The zero-order chi connectivity index (χ0) is 17.1. The molecule has 130 valence electrons. The molecule has 0 N–H and O–H groups in total. The SMILES string of the molecule is Cc1ccnn1CCN1CCC[C@@H](c2nc(-c3ccccc3)no2)C1. The summed E-state index contributed by atoms with van der Waals surface area (Å²) in [5, 5.41) is 8.53. The van der Waals surface area contributed by atoms with Gasteiger partial charge in [-0.1, -0.05) is 35.5 Å². The van der Waals surface area contributed by atoms with Crippen molar-refractivity contribution in [3.05, 3.63) is 54.2 Å². The highest BCUT2D eigenvalue weighted by atomic mass is 16.5. The number of aromatic nitrogens is 4. The van der Waals surface area contributed by atoms with Crippen LogP contribution in [0.2, 0.25) is 0 Å². The molecule has 4 rings (SSSR count). The first-order chi connectivity index (χ1) is 12.3. The largest absolute Gasteiger partial charge is 0.339 e. The van der Waals surface area contributed by atoms with Gasteiger partial charge in [0.1, 0.15) is 0 Å². The normalized spacial score (nSPS) is 18.5. The van der Waals surface area contributed by atoms with Gasteiger partial charge in [-0.05, 0) is 32.4 Å². The van der Waals surface area contributed by atoms with E-state index in [1.807, 2.05) is 42.6 Å². The maximum Gasteiger partial charge on any atom is 0.231 e. The lowest BCUT2D eigenvalue weighted by Crippen LogP contribution is -2.36. The Morgan fingerprint density at radius 2 is 2.04 bits per heavy atom. The summed E-state index contributed by atoms with van der Waals surface area (Å²) in [5.41, 5.74) is 2.21. The summed E-state index contributed by atoms with van der Waals surface area (Å²) < 4.78 is 7.63. The van der Waals surface area contributed by atoms with Gasteiger partial charge >= 0.3 is 0 Å². The molecule has 1 fully saturated rings. The number of benzene rings is 1. The molecule has 0 saturated carbocycles. The van der Waals surface area contributed by atoms with E-state index in [2.05, 4.69) is 31.7 Å². The molecule has 1 atom stereocenters. The Morgan fingerprint density at radius 3 is 2.84 bits per heavy atom. The van der Waals surface area contributed by atoms with E-state index in [4.69, 9.17) is 4.52 Å². The molecule has 0 spiro atoms. The van der Waals surface area contributed by atoms with Crippen LogP contribution in [0.3, 0.4) is 0 Å². The molecule has 1 aromatic carbocycles. The van der Waals surface area contributed by atoms with E-state index in [0.29, 0.717) is 11.7 Å². The Morgan fingerprint density at radius 1 is 1.16 bits per heavy atom. The molecule has 3 aromatic rings. The predicted molar refractivity (Wildman–Crippen MR) is 95.1 cm³/mol. The number of likely N-dealkylation sites (tertiary alicyclic amines) is 1. The van der Waals surface area contributed by atoms with Crippen molar-refractivity contribution in [2.75, 3.05) is 19.6 Å². The smallest absolute Gasteiger partial charge is 0.231 e. The molecule has 0 radical (unpaired) electrons. The first-order valence-electron chi connectivity index (χ1n) is 8.89. The lowest BCUT2D eigenvalue weighted by molar-refractivity contribution is 0.179. The van der Waals surface area contributed by atoms with Gasteiger partial charge in [0.25, 0.3) is 0 Å². The summed E-state index contributed by atoms with van der Waals surface area (Å²) in [4.78, 5) is 7.11. The molecule has 6 nitrogen and oxygen atoms in total. The first-order valence-corrected chi connectivity index (χ1v) is 8.89. The molecule has 3 heterocycles. The highest BCUT2D eigenvalue weighted by Crippen LogP contribution is 2.27. The number of piperidine rings is 1. The number of rotatable bonds is 5. The fourth-order valence-electron chi connectivity index (χ4n) is 3.43. The zero-order valence-electron chi connectivity index (χ0n) is 14.5.